The van der Waals surface area contributed by atoms with Crippen LogP contribution in [0.4, 0.5) is 5.69 Å². The fourth-order valence-electron chi connectivity index (χ4n) is 2.49. The summed E-state index contributed by atoms with van der Waals surface area (Å²) < 4.78 is 1.59. The number of hydrogen-bond donors (Lipinski definition) is 1. The van der Waals surface area contributed by atoms with Crippen molar-refractivity contribution in [2.75, 3.05) is 12.4 Å². The largest absolute Gasteiger partial charge is 0.333 e. The molecule has 0 spiro atoms. The van der Waals surface area contributed by atoms with Gasteiger partial charge in [0, 0.05) is 13.1 Å². The molecule has 0 bridgehead atoms. The van der Waals surface area contributed by atoms with Gasteiger partial charge in [0.25, 0.3) is 11.8 Å². The van der Waals surface area contributed by atoms with Crippen LogP contribution in [0, 0.1) is 0 Å². The zero-order valence-electron chi connectivity index (χ0n) is 13.1. The van der Waals surface area contributed by atoms with Crippen LogP contribution in [0.3, 0.4) is 0 Å². The molecule has 3 rings (SSSR count). The number of nitrogens with zero attached hydrogens (tertiary/aromatic N) is 3. The number of nitrogens with one attached hydrogen (secondary N) is 1. The smallest absolute Gasteiger partial charge is 0.276 e. The van der Waals surface area contributed by atoms with Crippen LogP contribution in [0.1, 0.15) is 34.8 Å². The summed E-state index contributed by atoms with van der Waals surface area (Å²) in [5, 5.41) is 7.43. The van der Waals surface area contributed by atoms with Crippen LogP contribution >= 0.6 is 11.6 Å². The van der Waals surface area contributed by atoms with Gasteiger partial charge < -0.3 is 10.2 Å². The lowest BCUT2D eigenvalue weighted by atomic mass is 10.0. The van der Waals surface area contributed by atoms with Gasteiger partial charge in [-0.1, -0.05) is 23.7 Å². The number of carbonyl (C=O) groups excluding carboxylic acids is 2. The SMILES string of the molecule is CN1C(=O)c2cc(C(=O)Nc3ccccc3Cl)nn2CC1(C)C. The lowest BCUT2D eigenvalue weighted by Crippen LogP contribution is -2.52. The molecule has 0 radical (unpaired) electrons. The van der Waals surface area contributed by atoms with Crippen molar-refractivity contribution < 1.29 is 9.59 Å². The summed E-state index contributed by atoms with van der Waals surface area (Å²) in [6.45, 7) is 4.45. The van der Waals surface area contributed by atoms with Crippen LogP contribution in [0.5, 0.6) is 0 Å². The fourth-order valence-corrected chi connectivity index (χ4v) is 2.67. The minimum absolute atomic E-state index is 0.148. The van der Waals surface area contributed by atoms with Crippen molar-refractivity contribution in [1.29, 1.82) is 0 Å². The first-order valence-corrected chi connectivity index (χ1v) is 7.59. The summed E-state index contributed by atoms with van der Waals surface area (Å²) in [6.07, 6.45) is 0. The third-order valence-electron chi connectivity index (χ3n) is 4.10. The maximum absolute atomic E-state index is 12.4. The number of halogens is 1. The van der Waals surface area contributed by atoms with E-state index < -0.39 is 5.91 Å². The minimum atomic E-state index is -0.395. The van der Waals surface area contributed by atoms with Crippen LogP contribution in [0.2, 0.25) is 5.02 Å². The van der Waals surface area contributed by atoms with Gasteiger partial charge in [-0.2, -0.15) is 5.10 Å². The van der Waals surface area contributed by atoms with Crippen LogP contribution in [-0.2, 0) is 6.54 Å². The van der Waals surface area contributed by atoms with E-state index in [4.69, 9.17) is 11.6 Å². The Morgan fingerprint density at radius 3 is 2.74 bits per heavy atom. The minimum Gasteiger partial charge on any atom is -0.333 e. The van der Waals surface area contributed by atoms with Crippen molar-refractivity contribution in [3.63, 3.8) is 0 Å². The van der Waals surface area contributed by atoms with Gasteiger partial charge in [0.05, 0.1) is 22.8 Å². The number of benzene rings is 1. The van der Waals surface area contributed by atoms with Gasteiger partial charge in [-0.25, -0.2) is 0 Å². The van der Waals surface area contributed by atoms with E-state index in [0.717, 1.165) is 0 Å². The molecule has 7 heteroatoms. The molecule has 1 aromatic carbocycles. The maximum Gasteiger partial charge on any atom is 0.276 e. The molecule has 1 aliphatic rings. The Balaban J connectivity index is 1.89. The normalized spacial score (nSPS) is 16.2. The Hall–Kier alpha value is -2.34. The van der Waals surface area contributed by atoms with E-state index in [2.05, 4.69) is 10.4 Å². The molecule has 0 atom stereocenters. The molecular formula is C16H17ClN4O2. The highest BCUT2D eigenvalue weighted by atomic mass is 35.5. The Labute approximate surface area is 139 Å². The molecule has 2 aromatic rings. The Bertz CT molecular complexity index is 797. The molecule has 2 amide bonds. The van der Waals surface area contributed by atoms with E-state index in [-0.39, 0.29) is 17.1 Å². The van der Waals surface area contributed by atoms with E-state index in [1.54, 1.807) is 40.9 Å². The van der Waals surface area contributed by atoms with Crippen molar-refractivity contribution in [3.8, 4) is 0 Å². The van der Waals surface area contributed by atoms with Crippen LogP contribution in [0.15, 0.2) is 30.3 Å². The predicted molar refractivity (Wildman–Crippen MR) is 87.8 cm³/mol. The highest BCUT2D eigenvalue weighted by Crippen LogP contribution is 2.26. The monoisotopic (exact) mass is 332 g/mol. The molecule has 0 saturated carbocycles. The first kappa shape index (κ1) is 15.6. The molecule has 1 N–H and O–H groups in total. The lowest BCUT2D eigenvalue weighted by molar-refractivity contribution is 0.0493. The van der Waals surface area contributed by atoms with E-state index in [1.807, 2.05) is 13.8 Å². The highest BCUT2D eigenvalue weighted by Gasteiger charge is 2.37. The van der Waals surface area contributed by atoms with Gasteiger partial charge in [0.2, 0.25) is 0 Å². The molecular weight excluding hydrogens is 316 g/mol. The molecule has 0 unspecified atom stereocenters. The van der Waals surface area contributed by atoms with Crippen molar-refractivity contribution >= 4 is 29.1 Å². The second kappa shape index (κ2) is 5.38. The third-order valence-corrected chi connectivity index (χ3v) is 4.43. The van der Waals surface area contributed by atoms with Gasteiger partial charge in [-0.15, -0.1) is 0 Å². The van der Waals surface area contributed by atoms with Crippen LogP contribution in [0.25, 0.3) is 0 Å². The van der Waals surface area contributed by atoms with Gasteiger partial charge in [-0.05, 0) is 26.0 Å². The molecule has 1 aliphatic heterocycles. The quantitative estimate of drug-likeness (QED) is 0.919. The van der Waals surface area contributed by atoms with Crippen molar-refractivity contribution in [2.24, 2.45) is 0 Å². The zero-order chi connectivity index (χ0) is 16.8. The number of para-hydroxylation sites is 1. The number of aromatic nitrogens is 2. The average Bonchev–Trinajstić information content (AvgIpc) is 2.90. The molecule has 0 fully saturated rings. The lowest BCUT2D eigenvalue weighted by Gasteiger charge is -2.39. The molecule has 23 heavy (non-hydrogen) atoms. The standard InChI is InChI=1S/C16H17ClN4O2/c1-16(2)9-21-13(15(23)20(16)3)8-12(19-21)14(22)18-11-7-5-4-6-10(11)17/h4-8H,9H2,1-3H3,(H,18,22). The predicted octanol–water partition coefficient (Wildman–Crippen LogP) is 2.65. The second-order valence-corrected chi connectivity index (χ2v) is 6.59. The summed E-state index contributed by atoms with van der Waals surface area (Å²) in [5.74, 6) is -0.543. The van der Waals surface area contributed by atoms with Crippen molar-refractivity contribution in [3.05, 3.63) is 46.7 Å². The number of rotatable bonds is 2. The topological polar surface area (TPSA) is 67.2 Å². The zero-order valence-corrected chi connectivity index (χ0v) is 13.9. The molecule has 120 valence electrons. The summed E-state index contributed by atoms with van der Waals surface area (Å²) in [7, 11) is 1.75. The Morgan fingerprint density at radius 1 is 1.35 bits per heavy atom. The molecule has 0 aliphatic carbocycles. The highest BCUT2D eigenvalue weighted by molar-refractivity contribution is 6.33. The number of amides is 2. The van der Waals surface area contributed by atoms with E-state index >= 15 is 0 Å². The van der Waals surface area contributed by atoms with Crippen molar-refractivity contribution in [1.82, 2.24) is 14.7 Å². The van der Waals surface area contributed by atoms with E-state index in [1.165, 1.54) is 6.07 Å². The summed E-state index contributed by atoms with van der Waals surface area (Å²) in [5.41, 5.74) is 0.761. The van der Waals surface area contributed by atoms with E-state index in [9.17, 15) is 9.59 Å². The summed E-state index contributed by atoms with van der Waals surface area (Å²) in [4.78, 5) is 26.4. The number of carbonyl (C=O) groups is 2. The first-order valence-electron chi connectivity index (χ1n) is 7.21. The maximum atomic E-state index is 12.4. The second-order valence-electron chi connectivity index (χ2n) is 6.18. The summed E-state index contributed by atoms with van der Waals surface area (Å²) in [6, 6.07) is 8.47. The number of likely N-dealkylation sites (N-methyl/N-ethyl adjacent to an activating group) is 1. The van der Waals surface area contributed by atoms with Gasteiger partial charge in [0.15, 0.2) is 5.69 Å². The Morgan fingerprint density at radius 2 is 2.04 bits per heavy atom. The molecule has 0 saturated heterocycles. The van der Waals surface area contributed by atoms with Gasteiger partial charge in [-0.3, -0.25) is 14.3 Å². The van der Waals surface area contributed by atoms with Crippen molar-refractivity contribution in [2.45, 2.75) is 25.9 Å². The summed E-state index contributed by atoms with van der Waals surface area (Å²) >= 11 is 6.04. The molecule has 2 heterocycles. The fraction of sp³-hybridized carbons (Fsp3) is 0.312. The average molecular weight is 333 g/mol. The first-order chi connectivity index (χ1) is 10.8. The molecule has 1 aromatic heterocycles. The third kappa shape index (κ3) is 2.70. The molecule has 6 nitrogen and oxygen atoms in total. The Kier molecular flexibility index (Phi) is 3.64. The van der Waals surface area contributed by atoms with Crippen LogP contribution in [-0.4, -0.2) is 39.1 Å². The van der Waals surface area contributed by atoms with Crippen LogP contribution < -0.4 is 5.32 Å². The van der Waals surface area contributed by atoms with Gasteiger partial charge in [0.1, 0.15) is 5.69 Å². The number of anilines is 1. The number of fused-ring (bicyclic) bond motifs is 1. The van der Waals surface area contributed by atoms with Gasteiger partial charge >= 0.3 is 0 Å². The van der Waals surface area contributed by atoms with E-state index in [0.29, 0.717) is 22.9 Å². The number of hydrogen-bond acceptors (Lipinski definition) is 3.